The minimum atomic E-state index is -0.484. The van der Waals surface area contributed by atoms with Gasteiger partial charge in [0, 0.05) is 44.1 Å². The van der Waals surface area contributed by atoms with Gasteiger partial charge in [0.1, 0.15) is 12.4 Å². The van der Waals surface area contributed by atoms with Crippen LogP contribution < -0.4 is 0 Å². The molecule has 142 valence electrons. The molecule has 0 N–H and O–H groups in total. The van der Waals surface area contributed by atoms with E-state index in [0.29, 0.717) is 38.2 Å². The summed E-state index contributed by atoms with van der Waals surface area (Å²) in [6, 6.07) is 4.54. The van der Waals surface area contributed by atoms with Crippen molar-refractivity contribution in [1.29, 1.82) is 0 Å². The van der Waals surface area contributed by atoms with Crippen LogP contribution in [-0.4, -0.2) is 60.5 Å². The minimum absolute atomic E-state index is 0.00619. The third-order valence-electron chi connectivity index (χ3n) is 5.40. The lowest BCUT2D eigenvalue weighted by atomic mass is 9.88. The fourth-order valence-electron chi connectivity index (χ4n) is 3.86. The van der Waals surface area contributed by atoms with Gasteiger partial charge in [-0.15, -0.1) is 0 Å². The van der Waals surface area contributed by atoms with E-state index in [9.17, 15) is 14.0 Å². The Morgan fingerprint density at radius 1 is 1.26 bits per heavy atom. The molecule has 0 radical (unpaired) electrons. The van der Waals surface area contributed by atoms with E-state index in [-0.39, 0.29) is 41.4 Å². The number of ketones is 1. The third-order valence-corrected chi connectivity index (χ3v) is 5.78. The van der Waals surface area contributed by atoms with Gasteiger partial charge in [-0.2, -0.15) is 0 Å². The van der Waals surface area contributed by atoms with Crippen LogP contribution in [0.2, 0.25) is 5.02 Å². The van der Waals surface area contributed by atoms with Crippen LogP contribution in [0.3, 0.4) is 0 Å². The maximum absolute atomic E-state index is 13.4. The molecule has 0 aliphatic carbocycles. The molecular weight excluding hydrogens is 371 g/mol. The normalized spacial score (nSPS) is 25.3. The Morgan fingerprint density at radius 3 is 2.89 bits per heavy atom. The summed E-state index contributed by atoms with van der Waals surface area (Å²) >= 11 is 5.90. The lowest BCUT2D eigenvalue weighted by Gasteiger charge is -2.45. The number of rotatable bonds is 0. The number of piperidine rings is 1. The van der Waals surface area contributed by atoms with Crippen LogP contribution in [-0.2, 0) is 9.53 Å². The highest BCUT2D eigenvalue weighted by atomic mass is 35.5. The third kappa shape index (κ3) is 3.80. The Hall–Kier alpha value is -2.10. The first-order chi connectivity index (χ1) is 13.0. The zero-order chi connectivity index (χ0) is 19.0. The molecule has 5 nitrogen and oxygen atoms in total. The van der Waals surface area contributed by atoms with Gasteiger partial charge >= 0.3 is 6.03 Å². The molecule has 27 heavy (non-hydrogen) atoms. The zero-order valence-corrected chi connectivity index (χ0v) is 15.5. The Morgan fingerprint density at radius 2 is 2.07 bits per heavy atom. The molecule has 3 heterocycles. The fraction of sp³-hybridized carbons (Fsp3) is 0.500. The van der Waals surface area contributed by atoms with E-state index in [4.69, 9.17) is 16.3 Å². The molecule has 0 bridgehead atoms. The van der Waals surface area contributed by atoms with Crippen LogP contribution in [0.25, 0.3) is 0 Å². The maximum atomic E-state index is 13.4. The van der Waals surface area contributed by atoms with Crippen molar-refractivity contribution < 1.29 is 18.7 Å². The second-order valence-corrected chi connectivity index (χ2v) is 7.72. The Labute approximate surface area is 162 Å². The van der Waals surface area contributed by atoms with Gasteiger partial charge in [0.2, 0.25) is 0 Å². The average molecular weight is 391 g/mol. The number of nitrogens with zero attached hydrogens (tertiary/aromatic N) is 2. The molecule has 2 atom stereocenters. The van der Waals surface area contributed by atoms with Crippen LogP contribution in [0, 0.1) is 29.5 Å². The lowest BCUT2D eigenvalue weighted by molar-refractivity contribution is -0.140. The number of amides is 2. The Balaban J connectivity index is 1.31. The number of likely N-dealkylation sites (tertiary alicyclic amines) is 2. The summed E-state index contributed by atoms with van der Waals surface area (Å²) in [6.45, 7) is 2.54. The topological polar surface area (TPSA) is 49.9 Å². The van der Waals surface area contributed by atoms with Crippen LogP contribution in [0.1, 0.15) is 18.4 Å². The molecule has 1 aromatic rings. The highest BCUT2D eigenvalue weighted by molar-refractivity contribution is 6.31. The van der Waals surface area contributed by atoms with Crippen molar-refractivity contribution in [1.82, 2.24) is 9.80 Å². The molecule has 2 amide bonds. The zero-order valence-electron chi connectivity index (χ0n) is 14.8. The molecule has 3 saturated heterocycles. The molecule has 4 rings (SSSR count). The molecule has 0 spiro atoms. The van der Waals surface area contributed by atoms with Gasteiger partial charge in [0.05, 0.1) is 17.0 Å². The lowest BCUT2D eigenvalue weighted by Crippen LogP contribution is -2.58. The van der Waals surface area contributed by atoms with Crippen LogP contribution in [0.15, 0.2) is 18.2 Å². The van der Waals surface area contributed by atoms with Crippen LogP contribution in [0.4, 0.5) is 9.18 Å². The Bertz CT molecular complexity index is 828. The molecule has 0 unspecified atom stereocenters. The summed E-state index contributed by atoms with van der Waals surface area (Å²) in [6.07, 6.45) is 1.37. The molecule has 7 heteroatoms. The second kappa shape index (κ2) is 7.49. The number of benzene rings is 1. The monoisotopic (exact) mass is 390 g/mol. The fourth-order valence-corrected chi connectivity index (χ4v) is 4.03. The molecule has 3 aliphatic heterocycles. The van der Waals surface area contributed by atoms with Crippen molar-refractivity contribution in [3.8, 4) is 11.8 Å². The highest BCUT2D eigenvalue weighted by Crippen LogP contribution is 2.28. The van der Waals surface area contributed by atoms with E-state index in [1.807, 2.05) is 4.90 Å². The van der Waals surface area contributed by atoms with Crippen molar-refractivity contribution in [2.24, 2.45) is 11.8 Å². The minimum Gasteiger partial charge on any atom is -0.370 e. The summed E-state index contributed by atoms with van der Waals surface area (Å²) in [5, 5.41) is 0.0318. The number of ether oxygens (including phenoxy) is 1. The van der Waals surface area contributed by atoms with Crippen molar-refractivity contribution >= 4 is 23.4 Å². The first-order valence-electron chi connectivity index (χ1n) is 9.14. The van der Waals surface area contributed by atoms with Gasteiger partial charge < -0.3 is 14.5 Å². The van der Waals surface area contributed by atoms with Gasteiger partial charge in [-0.05, 0) is 18.6 Å². The van der Waals surface area contributed by atoms with E-state index in [2.05, 4.69) is 11.8 Å². The standard InChI is InChI=1S/C20H20ClFN2O3/c21-19-14(2-1-3-17(19)22)5-4-13-9-24(10-13)20(26)23-7-6-18-15(11-23)8-16(25)12-27-18/h1-3,13,15,18H,6-12H2/t15-,18+/m1/s1. The summed E-state index contributed by atoms with van der Waals surface area (Å²) in [5.41, 5.74) is 0.463. The van der Waals surface area contributed by atoms with E-state index in [0.717, 1.165) is 6.42 Å². The van der Waals surface area contributed by atoms with Crippen molar-refractivity contribution in [2.45, 2.75) is 18.9 Å². The van der Waals surface area contributed by atoms with Gasteiger partial charge in [0.25, 0.3) is 0 Å². The number of hydrogen-bond acceptors (Lipinski definition) is 3. The summed E-state index contributed by atoms with van der Waals surface area (Å²) in [5.74, 6) is 5.77. The Kier molecular flexibility index (Phi) is 5.07. The second-order valence-electron chi connectivity index (χ2n) is 7.34. The number of urea groups is 1. The van der Waals surface area contributed by atoms with E-state index in [1.54, 1.807) is 17.0 Å². The number of halogens is 2. The van der Waals surface area contributed by atoms with Gasteiger partial charge in [0.15, 0.2) is 5.78 Å². The van der Waals surface area contributed by atoms with Crippen LogP contribution in [0.5, 0.6) is 0 Å². The predicted molar refractivity (Wildman–Crippen MR) is 97.8 cm³/mol. The quantitative estimate of drug-likeness (QED) is 0.640. The maximum Gasteiger partial charge on any atom is 0.320 e. The summed E-state index contributed by atoms with van der Waals surface area (Å²) in [7, 11) is 0. The molecule has 1 aromatic carbocycles. The molecule has 3 fully saturated rings. The number of carbonyl (C=O) groups excluding carboxylic acids is 2. The van der Waals surface area contributed by atoms with Gasteiger partial charge in [-0.1, -0.05) is 29.5 Å². The van der Waals surface area contributed by atoms with Crippen LogP contribution >= 0.6 is 11.6 Å². The van der Waals surface area contributed by atoms with E-state index in [1.165, 1.54) is 6.07 Å². The van der Waals surface area contributed by atoms with E-state index >= 15 is 0 Å². The first-order valence-corrected chi connectivity index (χ1v) is 9.52. The molecular formula is C20H20ClFN2O3. The number of fused-ring (bicyclic) bond motifs is 1. The number of Topliss-reactive ketones (excluding diaryl/α,β-unsaturated/α-hetero) is 1. The molecule has 3 aliphatic rings. The molecule has 0 saturated carbocycles. The summed E-state index contributed by atoms with van der Waals surface area (Å²) in [4.78, 5) is 27.8. The largest absolute Gasteiger partial charge is 0.370 e. The number of hydrogen-bond donors (Lipinski definition) is 0. The van der Waals surface area contributed by atoms with Crippen molar-refractivity contribution in [2.75, 3.05) is 32.8 Å². The number of carbonyl (C=O) groups is 2. The van der Waals surface area contributed by atoms with Gasteiger partial charge in [-0.3, -0.25) is 4.79 Å². The SMILES string of the molecule is O=C1CO[C@H]2CCN(C(=O)N3CC(C#Cc4cccc(F)c4Cl)C3)C[C@H]2C1. The highest BCUT2D eigenvalue weighted by Gasteiger charge is 2.39. The van der Waals surface area contributed by atoms with Crippen molar-refractivity contribution in [3.63, 3.8) is 0 Å². The molecule has 0 aromatic heterocycles. The average Bonchev–Trinajstić information content (AvgIpc) is 2.62. The van der Waals surface area contributed by atoms with E-state index < -0.39 is 5.82 Å². The van der Waals surface area contributed by atoms with Gasteiger partial charge in [-0.25, -0.2) is 9.18 Å². The smallest absolute Gasteiger partial charge is 0.320 e. The predicted octanol–water partition coefficient (Wildman–Crippen LogP) is 2.56. The summed E-state index contributed by atoms with van der Waals surface area (Å²) < 4.78 is 19.0. The van der Waals surface area contributed by atoms with Crippen molar-refractivity contribution in [3.05, 3.63) is 34.6 Å². The first kappa shape index (κ1) is 18.3.